The van der Waals surface area contributed by atoms with Crippen LogP contribution in [0.4, 0.5) is 5.69 Å². The molecule has 0 unspecified atom stereocenters. The highest BCUT2D eigenvalue weighted by molar-refractivity contribution is 6.31. The number of aromatic nitrogens is 1. The maximum Gasteiger partial charge on any atom is 0.237 e. The molecule has 0 fully saturated rings. The van der Waals surface area contributed by atoms with E-state index in [1.165, 1.54) is 0 Å². The number of nitrogens with zero attached hydrogens (tertiary/aromatic N) is 1. The van der Waals surface area contributed by atoms with Crippen molar-refractivity contribution in [1.82, 2.24) is 10.3 Å². The van der Waals surface area contributed by atoms with Crippen LogP contribution in [0.5, 0.6) is 5.75 Å². The molecule has 7 heteroatoms. The number of anilines is 1. The SMILES string of the molecule is N[C@@H](Cc1ccc(O)cc1)C(=O)NCCNc1ccnc2cc(Cl)ccc12. The van der Waals surface area contributed by atoms with E-state index in [0.29, 0.717) is 24.5 Å². The molecule has 27 heavy (non-hydrogen) atoms. The third kappa shape index (κ3) is 5.09. The fourth-order valence-corrected chi connectivity index (χ4v) is 2.93. The van der Waals surface area contributed by atoms with Crippen molar-refractivity contribution in [2.24, 2.45) is 5.73 Å². The zero-order chi connectivity index (χ0) is 19.2. The molecule has 3 rings (SSSR count). The monoisotopic (exact) mass is 384 g/mol. The van der Waals surface area contributed by atoms with Crippen molar-refractivity contribution in [2.75, 3.05) is 18.4 Å². The molecule has 0 bridgehead atoms. The molecule has 0 aliphatic carbocycles. The zero-order valence-electron chi connectivity index (χ0n) is 14.7. The van der Waals surface area contributed by atoms with Gasteiger partial charge in [0.25, 0.3) is 0 Å². The minimum atomic E-state index is -0.640. The number of aromatic hydroxyl groups is 1. The van der Waals surface area contributed by atoms with Crippen molar-refractivity contribution in [1.29, 1.82) is 0 Å². The lowest BCUT2D eigenvalue weighted by Crippen LogP contribution is -2.43. The number of nitrogens with one attached hydrogen (secondary N) is 2. The lowest BCUT2D eigenvalue weighted by molar-refractivity contribution is -0.122. The van der Waals surface area contributed by atoms with Crippen LogP contribution in [0.3, 0.4) is 0 Å². The Morgan fingerprint density at radius 1 is 1.15 bits per heavy atom. The van der Waals surface area contributed by atoms with Gasteiger partial charge in [-0.2, -0.15) is 0 Å². The maximum atomic E-state index is 12.1. The molecule has 0 radical (unpaired) electrons. The van der Waals surface area contributed by atoms with Crippen molar-refractivity contribution in [2.45, 2.75) is 12.5 Å². The van der Waals surface area contributed by atoms with E-state index < -0.39 is 6.04 Å². The van der Waals surface area contributed by atoms with Gasteiger partial charge in [-0.3, -0.25) is 9.78 Å². The number of nitrogens with two attached hydrogens (primary N) is 1. The van der Waals surface area contributed by atoms with E-state index in [-0.39, 0.29) is 11.7 Å². The van der Waals surface area contributed by atoms with Crippen LogP contribution < -0.4 is 16.4 Å². The minimum Gasteiger partial charge on any atom is -0.508 e. The third-order valence-corrected chi connectivity index (χ3v) is 4.41. The quantitative estimate of drug-likeness (QED) is 0.469. The van der Waals surface area contributed by atoms with E-state index in [4.69, 9.17) is 17.3 Å². The second kappa shape index (κ2) is 8.70. The van der Waals surface area contributed by atoms with E-state index >= 15 is 0 Å². The van der Waals surface area contributed by atoms with Gasteiger partial charge in [0.1, 0.15) is 5.75 Å². The summed E-state index contributed by atoms with van der Waals surface area (Å²) in [5, 5.41) is 17.0. The lowest BCUT2D eigenvalue weighted by Gasteiger charge is -2.14. The van der Waals surface area contributed by atoms with Crippen molar-refractivity contribution in [3.8, 4) is 5.75 Å². The molecule has 140 valence electrons. The van der Waals surface area contributed by atoms with E-state index in [1.807, 2.05) is 24.3 Å². The van der Waals surface area contributed by atoms with Gasteiger partial charge in [-0.1, -0.05) is 23.7 Å². The van der Waals surface area contributed by atoms with Gasteiger partial charge in [-0.05, 0) is 48.4 Å². The summed E-state index contributed by atoms with van der Waals surface area (Å²) >= 11 is 6.00. The molecule has 3 aromatic rings. The highest BCUT2D eigenvalue weighted by atomic mass is 35.5. The second-order valence-corrected chi connectivity index (χ2v) is 6.65. The third-order valence-electron chi connectivity index (χ3n) is 4.17. The Labute approximate surface area is 162 Å². The van der Waals surface area contributed by atoms with E-state index in [9.17, 15) is 9.90 Å². The molecule has 1 aromatic heterocycles. The Hall–Kier alpha value is -2.83. The molecule has 2 aromatic carbocycles. The largest absolute Gasteiger partial charge is 0.508 e. The normalized spacial score (nSPS) is 11.9. The van der Waals surface area contributed by atoms with E-state index in [2.05, 4.69) is 15.6 Å². The molecule has 1 heterocycles. The predicted octanol–water partition coefficient (Wildman–Crippen LogP) is 2.69. The Morgan fingerprint density at radius 2 is 1.93 bits per heavy atom. The van der Waals surface area contributed by atoms with Gasteiger partial charge in [0.2, 0.25) is 5.91 Å². The number of rotatable bonds is 7. The fourth-order valence-electron chi connectivity index (χ4n) is 2.77. The number of carbonyl (C=O) groups excluding carboxylic acids is 1. The summed E-state index contributed by atoms with van der Waals surface area (Å²) in [5.41, 5.74) is 8.59. The van der Waals surface area contributed by atoms with Crippen LogP contribution in [-0.4, -0.2) is 35.1 Å². The summed E-state index contributed by atoms with van der Waals surface area (Å²) in [5.74, 6) is -0.0232. The summed E-state index contributed by atoms with van der Waals surface area (Å²) in [7, 11) is 0. The van der Waals surface area contributed by atoms with E-state index in [0.717, 1.165) is 22.2 Å². The molecule has 0 saturated carbocycles. The van der Waals surface area contributed by atoms with Gasteiger partial charge in [0, 0.05) is 35.4 Å². The molecule has 5 N–H and O–H groups in total. The highest BCUT2D eigenvalue weighted by Gasteiger charge is 2.13. The zero-order valence-corrected chi connectivity index (χ0v) is 15.4. The smallest absolute Gasteiger partial charge is 0.237 e. The fraction of sp³-hybridized carbons (Fsp3) is 0.200. The van der Waals surface area contributed by atoms with Gasteiger partial charge < -0.3 is 21.5 Å². The molecular formula is C20H21ClN4O2. The first-order valence-electron chi connectivity index (χ1n) is 8.62. The van der Waals surface area contributed by atoms with Crippen LogP contribution in [-0.2, 0) is 11.2 Å². The number of carbonyl (C=O) groups is 1. The number of hydrogen-bond donors (Lipinski definition) is 4. The molecule has 6 nitrogen and oxygen atoms in total. The van der Waals surface area contributed by atoms with Gasteiger partial charge in [-0.15, -0.1) is 0 Å². The van der Waals surface area contributed by atoms with Gasteiger partial charge in [0.15, 0.2) is 0 Å². The number of benzene rings is 2. The topological polar surface area (TPSA) is 100 Å². The molecule has 0 aliphatic heterocycles. The Morgan fingerprint density at radius 3 is 2.70 bits per heavy atom. The summed E-state index contributed by atoms with van der Waals surface area (Å²) in [4.78, 5) is 16.4. The van der Waals surface area contributed by atoms with Crippen LogP contribution in [0, 0.1) is 0 Å². The molecule has 1 atom stereocenters. The molecule has 0 aliphatic rings. The van der Waals surface area contributed by atoms with Crippen LogP contribution >= 0.6 is 11.6 Å². The number of halogens is 1. The van der Waals surface area contributed by atoms with E-state index in [1.54, 1.807) is 30.5 Å². The predicted molar refractivity (Wildman–Crippen MR) is 108 cm³/mol. The number of fused-ring (bicyclic) bond motifs is 1. The molecular weight excluding hydrogens is 364 g/mol. The Bertz CT molecular complexity index is 931. The van der Waals surface area contributed by atoms with Crippen LogP contribution in [0.15, 0.2) is 54.7 Å². The molecule has 1 amide bonds. The summed E-state index contributed by atoms with van der Waals surface area (Å²) in [6.07, 6.45) is 2.13. The first kappa shape index (κ1) is 18.9. The van der Waals surface area contributed by atoms with Gasteiger partial charge in [0.05, 0.1) is 11.6 Å². The van der Waals surface area contributed by atoms with Gasteiger partial charge >= 0.3 is 0 Å². The van der Waals surface area contributed by atoms with Crippen LogP contribution in [0.1, 0.15) is 5.56 Å². The second-order valence-electron chi connectivity index (χ2n) is 6.21. The average Bonchev–Trinajstić information content (AvgIpc) is 2.66. The van der Waals surface area contributed by atoms with Crippen molar-refractivity contribution in [3.63, 3.8) is 0 Å². The van der Waals surface area contributed by atoms with Crippen LogP contribution in [0.25, 0.3) is 10.9 Å². The first-order chi connectivity index (χ1) is 13.0. The highest BCUT2D eigenvalue weighted by Crippen LogP contribution is 2.24. The number of hydrogen-bond acceptors (Lipinski definition) is 5. The van der Waals surface area contributed by atoms with Gasteiger partial charge in [-0.25, -0.2) is 0 Å². The summed E-state index contributed by atoms with van der Waals surface area (Å²) in [6.45, 7) is 0.999. The number of phenols is 1. The van der Waals surface area contributed by atoms with Crippen molar-refractivity contribution in [3.05, 3.63) is 65.3 Å². The Balaban J connectivity index is 1.48. The van der Waals surface area contributed by atoms with Crippen molar-refractivity contribution < 1.29 is 9.90 Å². The number of amides is 1. The molecule has 0 spiro atoms. The first-order valence-corrected chi connectivity index (χ1v) is 9.00. The standard InChI is InChI=1S/C20H21ClN4O2/c21-14-3-6-16-18(7-8-23-19(16)12-14)24-9-10-25-20(27)17(22)11-13-1-4-15(26)5-2-13/h1-8,12,17,26H,9-11,22H2,(H,23,24)(H,25,27)/t17-/m0/s1. The minimum absolute atomic E-state index is 0.189. The Kier molecular flexibility index (Phi) is 6.11. The summed E-state index contributed by atoms with van der Waals surface area (Å²) < 4.78 is 0. The van der Waals surface area contributed by atoms with Crippen LogP contribution in [0.2, 0.25) is 5.02 Å². The number of phenolic OH excluding ortho intramolecular Hbond substituents is 1. The lowest BCUT2D eigenvalue weighted by atomic mass is 10.1. The average molecular weight is 385 g/mol. The number of pyridine rings is 1. The maximum absolute atomic E-state index is 12.1. The van der Waals surface area contributed by atoms with Crippen molar-refractivity contribution >= 4 is 34.1 Å². The summed E-state index contributed by atoms with van der Waals surface area (Å²) in [6, 6.07) is 13.5. The molecule has 0 saturated heterocycles.